The third kappa shape index (κ3) is 1.37. The van der Waals surface area contributed by atoms with Gasteiger partial charge >= 0.3 is 0 Å². The SMILES string of the molecule is CCc1ncnc2[nH]cc(CCN)c12. The molecular formula is C10H14N4. The molecule has 0 atom stereocenters. The molecule has 0 aliphatic heterocycles. The van der Waals surface area contributed by atoms with Gasteiger partial charge in [-0.25, -0.2) is 9.97 Å². The van der Waals surface area contributed by atoms with E-state index in [0.717, 1.165) is 29.6 Å². The lowest BCUT2D eigenvalue weighted by atomic mass is 10.1. The van der Waals surface area contributed by atoms with Crippen LogP contribution in [-0.4, -0.2) is 21.5 Å². The average Bonchev–Trinajstić information content (AvgIpc) is 2.62. The van der Waals surface area contributed by atoms with Gasteiger partial charge in [-0.3, -0.25) is 0 Å². The second kappa shape index (κ2) is 3.75. The fourth-order valence-electron chi connectivity index (χ4n) is 1.72. The highest BCUT2D eigenvalue weighted by Gasteiger charge is 2.08. The Hall–Kier alpha value is -1.42. The van der Waals surface area contributed by atoms with Crippen molar-refractivity contribution in [1.29, 1.82) is 0 Å². The Morgan fingerprint density at radius 1 is 1.43 bits per heavy atom. The molecule has 2 aromatic rings. The zero-order chi connectivity index (χ0) is 9.97. The Morgan fingerprint density at radius 3 is 3.00 bits per heavy atom. The van der Waals surface area contributed by atoms with Crippen LogP contribution in [0.4, 0.5) is 0 Å². The standard InChI is InChI=1S/C10H14N4/c1-2-8-9-7(3-4-11)5-12-10(9)14-6-13-8/h5-6H,2-4,11H2,1H3,(H,12,13,14). The Bertz CT molecular complexity index is 433. The van der Waals surface area contributed by atoms with Crippen LogP contribution in [0, 0.1) is 0 Å². The fraction of sp³-hybridized carbons (Fsp3) is 0.400. The van der Waals surface area contributed by atoms with Gasteiger partial charge in [0.25, 0.3) is 0 Å². The Labute approximate surface area is 82.6 Å². The summed E-state index contributed by atoms with van der Waals surface area (Å²) in [6.45, 7) is 2.76. The predicted molar refractivity (Wildman–Crippen MR) is 56.0 cm³/mol. The minimum absolute atomic E-state index is 0.658. The van der Waals surface area contributed by atoms with Crippen LogP contribution in [0.3, 0.4) is 0 Å². The van der Waals surface area contributed by atoms with Crippen LogP contribution < -0.4 is 5.73 Å². The normalized spacial score (nSPS) is 11.0. The maximum atomic E-state index is 5.55. The zero-order valence-electron chi connectivity index (χ0n) is 8.25. The van der Waals surface area contributed by atoms with Crippen LogP contribution in [-0.2, 0) is 12.8 Å². The molecule has 0 saturated heterocycles. The van der Waals surface area contributed by atoms with Crippen LogP contribution in [0.5, 0.6) is 0 Å². The number of aromatic nitrogens is 3. The van der Waals surface area contributed by atoms with Gasteiger partial charge in [0, 0.05) is 11.6 Å². The first-order chi connectivity index (χ1) is 6.86. The quantitative estimate of drug-likeness (QED) is 0.759. The number of aryl methyl sites for hydroxylation is 1. The summed E-state index contributed by atoms with van der Waals surface area (Å²) in [7, 11) is 0. The Balaban J connectivity index is 2.62. The van der Waals surface area contributed by atoms with Gasteiger partial charge in [-0.05, 0) is 24.9 Å². The Kier molecular flexibility index (Phi) is 2.45. The minimum Gasteiger partial charge on any atom is -0.346 e. The van der Waals surface area contributed by atoms with E-state index in [9.17, 15) is 0 Å². The van der Waals surface area contributed by atoms with Gasteiger partial charge in [0.2, 0.25) is 0 Å². The summed E-state index contributed by atoms with van der Waals surface area (Å²) in [4.78, 5) is 11.6. The molecule has 74 valence electrons. The number of H-pyrrole nitrogens is 1. The first kappa shape index (κ1) is 9.15. The van der Waals surface area contributed by atoms with Crippen LogP contribution in [0.25, 0.3) is 11.0 Å². The summed E-state index contributed by atoms with van der Waals surface area (Å²) in [6.07, 6.45) is 5.38. The summed E-state index contributed by atoms with van der Waals surface area (Å²) in [5, 5.41) is 1.15. The molecule has 2 heterocycles. The number of aromatic amines is 1. The number of rotatable bonds is 3. The van der Waals surface area contributed by atoms with E-state index in [-0.39, 0.29) is 0 Å². The van der Waals surface area contributed by atoms with E-state index in [2.05, 4.69) is 21.9 Å². The third-order valence-electron chi connectivity index (χ3n) is 2.38. The second-order valence-electron chi connectivity index (χ2n) is 3.25. The summed E-state index contributed by atoms with van der Waals surface area (Å²) in [5.41, 5.74) is 8.78. The fourth-order valence-corrected chi connectivity index (χ4v) is 1.72. The molecule has 4 heteroatoms. The molecule has 3 N–H and O–H groups in total. The van der Waals surface area contributed by atoms with E-state index in [4.69, 9.17) is 5.73 Å². The summed E-state index contributed by atoms with van der Waals surface area (Å²) in [5.74, 6) is 0. The van der Waals surface area contributed by atoms with Crippen molar-refractivity contribution >= 4 is 11.0 Å². The molecular weight excluding hydrogens is 176 g/mol. The number of hydrogen-bond acceptors (Lipinski definition) is 3. The number of nitrogens with zero attached hydrogens (tertiary/aromatic N) is 2. The van der Waals surface area contributed by atoms with Crippen molar-refractivity contribution in [2.75, 3.05) is 6.54 Å². The van der Waals surface area contributed by atoms with Crippen molar-refractivity contribution in [3.63, 3.8) is 0 Å². The largest absolute Gasteiger partial charge is 0.346 e. The van der Waals surface area contributed by atoms with Crippen molar-refractivity contribution in [2.45, 2.75) is 19.8 Å². The second-order valence-corrected chi connectivity index (χ2v) is 3.25. The van der Waals surface area contributed by atoms with Crippen LogP contribution in [0.15, 0.2) is 12.5 Å². The number of hydrogen-bond donors (Lipinski definition) is 2. The minimum atomic E-state index is 0.658. The molecule has 0 aliphatic carbocycles. The first-order valence-electron chi connectivity index (χ1n) is 4.86. The molecule has 0 unspecified atom stereocenters. The summed E-state index contributed by atoms with van der Waals surface area (Å²) in [6, 6.07) is 0. The van der Waals surface area contributed by atoms with E-state index in [1.165, 1.54) is 5.56 Å². The van der Waals surface area contributed by atoms with Crippen molar-refractivity contribution < 1.29 is 0 Å². The van der Waals surface area contributed by atoms with Gasteiger partial charge < -0.3 is 10.7 Å². The topological polar surface area (TPSA) is 67.6 Å². The van der Waals surface area contributed by atoms with E-state index in [0.29, 0.717) is 6.54 Å². The smallest absolute Gasteiger partial charge is 0.141 e. The van der Waals surface area contributed by atoms with Gasteiger partial charge in [-0.2, -0.15) is 0 Å². The molecule has 2 aromatic heterocycles. The van der Waals surface area contributed by atoms with Crippen molar-refractivity contribution in [1.82, 2.24) is 15.0 Å². The van der Waals surface area contributed by atoms with Gasteiger partial charge in [0.05, 0.1) is 5.69 Å². The van der Waals surface area contributed by atoms with Gasteiger partial charge in [0.15, 0.2) is 0 Å². The molecule has 0 amide bonds. The molecule has 2 rings (SSSR count). The number of nitrogens with two attached hydrogens (primary N) is 1. The van der Waals surface area contributed by atoms with Crippen molar-refractivity contribution in [3.05, 3.63) is 23.8 Å². The maximum Gasteiger partial charge on any atom is 0.141 e. The van der Waals surface area contributed by atoms with E-state index < -0.39 is 0 Å². The van der Waals surface area contributed by atoms with Crippen molar-refractivity contribution in [3.8, 4) is 0 Å². The van der Waals surface area contributed by atoms with Crippen LogP contribution in [0.2, 0.25) is 0 Å². The predicted octanol–water partition coefficient (Wildman–Crippen LogP) is 1.02. The molecule has 4 nitrogen and oxygen atoms in total. The summed E-state index contributed by atoms with van der Waals surface area (Å²) < 4.78 is 0. The van der Waals surface area contributed by atoms with Gasteiger partial charge in [-0.15, -0.1) is 0 Å². The Morgan fingerprint density at radius 2 is 2.29 bits per heavy atom. The van der Waals surface area contributed by atoms with Crippen molar-refractivity contribution in [2.24, 2.45) is 5.73 Å². The molecule has 0 aliphatic rings. The molecule has 0 saturated carbocycles. The maximum absolute atomic E-state index is 5.55. The highest BCUT2D eigenvalue weighted by atomic mass is 14.9. The average molecular weight is 190 g/mol. The monoisotopic (exact) mass is 190 g/mol. The first-order valence-corrected chi connectivity index (χ1v) is 4.86. The molecule has 0 radical (unpaired) electrons. The molecule has 0 fully saturated rings. The number of nitrogens with one attached hydrogen (secondary N) is 1. The summed E-state index contributed by atoms with van der Waals surface area (Å²) >= 11 is 0. The van der Waals surface area contributed by atoms with E-state index >= 15 is 0 Å². The highest BCUT2D eigenvalue weighted by Crippen LogP contribution is 2.19. The van der Waals surface area contributed by atoms with E-state index in [1.807, 2.05) is 6.20 Å². The number of fused-ring (bicyclic) bond motifs is 1. The molecule has 0 bridgehead atoms. The van der Waals surface area contributed by atoms with E-state index in [1.54, 1.807) is 6.33 Å². The lowest BCUT2D eigenvalue weighted by Gasteiger charge is -2.00. The van der Waals surface area contributed by atoms with Gasteiger partial charge in [0.1, 0.15) is 12.0 Å². The van der Waals surface area contributed by atoms with Crippen LogP contribution >= 0.6 is 0 Å². The van der Waals surface area contributed by atoms with Crippen LogP contribution in [0.1, 0.15) is 18.2 Å². The molecule has 14 heavy (non-hydrogen) atoms. The lowest BCUT2D eigenvalue weighted by Crippen LogP contribution is -2.03. The zero-order valence-corrected chi connectivity index (χ0v) is 8.25. The molecule has 0 aromatic carbocycles. The highest BCUT2D eigenvalue weighted by molar-refractivity contribution is 5.82. The third-order valence-corrected chi connectivity index (χ3v) is 2.38. The van der Waals surface area contributed by atoms with Gasteiger partial charge in [-0.1, -0.05) is 6.92 Å². The lowest BCUT2D eigenvalue weighted by molar-refractivity contribution is 0.968. The molecule has 0 spiro atoms.